The highest BCUT2D eigenvalue weighted by atomic mass is 32.1. The van der Waals surface area contributed by atoms with Gasteiger partial charge in [-0.1, -0.05) is 17.4 Å². The third kappa shape index (κ3) is 3.38. The van der Waals surface area contributed by atoms with Gasteiger partial charge in [0, 0.05) is 25.2 Å². The van der Waals surface area contributed by atoms with Gasteiger partial charge in [-0.3, -0.25) is 4.79 Å². The molecule has 1 saturated heterocycles. The molecule has 2 aromatic carbocycles. The average Bonchev–Trinajstić information content (AvgIpc) is 3.38. The third-order valence-corrected chi connectivity index (χ3v) is 6.23. The Hall–Kier alpha value is -2.80. The molecule has 1 aromatic heterocycles. The number of anilines is 1. The molecule has 28 heavy (non-hydrogen) atoms. The van der Waals surface area contributed by atoms with E-state index in [-0.39, 0.29) is 12.7 Å². The Kier molecular flexibility index (Phi) is 4.52. The molecule has 3 aromatic rings. The lowest BCUT2D eigenvalue weighted by molar-refractivity contribution is 0.0951. The second-order valence-corrected chi connectivity index (χ2v) is 8.11. The highest BCUT2D eigenvalue weighted by Crippen LogP contribution is 2.33. The number of nitrogens with zero attached hydrogens (tertiary/aromatic N) is 2. The van der Waals surface area contributed by atoms with Crippen LogP contribution >= 0.6 is 11.3 Å². The summed E-state index contributed by atoms with van der Waals surface area (Å²) in [4.78, 5) is 19.7. The molecule has 2 aliphatic heterocycles. The predicted octanol–water partition coefficient (Wildman–Crippen LogP) is 3.95. The van der Waals surface area contributed by atoms with Gasteiger partial charge in [0.05, 0.1) is 10.2 Å². The number of carbonyl (C=O) groups is 1. The molecule has 0 radical (unpaired) electrons. The maximum absolute atomic E-state index is 12.6. The number of nitrogens with one attached hydrogen (secondary N) is 1. The summed E-state index contributed by atoms with van der Waals surface area (Å²) in [6.45, 7) is 2.83. The molecular formula is C21H21N3O3S. The van der Waals surface area contributed by atoms with E-state index in [4.69, 9.17) is 14.5 Å². The lowest BCUT2D eigenvalue weighted by Crippen LogP contribution is -2.29. The van der Waals surface area contributed by atoms with Gasteiger partial charge >= 0.3 is 0 Å². The molecule has 0 spiro atoms. The summed E-state index contributed by atoms with van der Waals surface area (Å²) in [5.74, 6) is 1.38. The first-order valence-corrected chi connectivity index (χ1v) is 10.4. The Labute approximate surface area is 167 Å². The van der Waals surface area contributed by atoms with Gasteiger partial charge in [0.2, 0.25) is 6.79 Å². The Morgan fingerprint density at radius 3 is 2.82 bits per heavy atom. The Bertz CT molecular complexity index is 1030. The minimum absolute atomic E-state index is 0.0903. The van der Waals surface area contributed by atoms with Crippen LogP contribution in [-0.2, 0) is 6.54 Å². The zero-order chi connectivity index (χ0) is 18.9. The number of benzene rings is 2. The van der Waals surface area contributed by atoms with Crippen LogP contribution in [0.15, 0.2) is 36.4 Å². The van der Waals surface area contributed by atoms with Gasteiger partial charge in [-0.05, 0) is 55.2 Å². The molecule has 3 heterocycles. The van der Waals surface area contributed by atoms with Crippen molar-refractivity contribution in [3.63, 3.8) is 0 Å². The van der Waals surface area contributed by atoms with E-state index < -0.39 is 0 Å². The summed E-state index contributed by atoms with van der Waals surface area (Å²) in [5.41, 5.74) is 2.59. The molecule has 1 fully saturated rings. The van der Waals surface area contributed by atoms with Crippen LogP contribution in [0.25, 0.3) is 10.2 Å². The smallest absolute Gasteiger partial charge is 0.251 e. The standard InChI is InChI=1S/C21H21N3O3S/c25-20(22-12-14-4-7-17-18(10-14)27-13-26-17)15-5-6-16-19(11-15)28-21(23-16)24-8-2-1-3-9-24/h4-7,10-11H,1-3,8-9,12-13H2,(H,22,25). The van der Waals surface area contributed by atoms with Crippen molar-refractivity contribution in [1.29, 1.82) is 0 Å². The number of hydrogen-bond donors (Lipinski definition) is 1. The fourth-order valence-corrected chi connectivity index (χ4v) is 4.67. The van der Waals surface area contributed by atoms with Crippen molar-refractivity contribution < 1.29 is 14.3 Å². The van der Waals surface area contributed by atoms with E-state index in [0.717, 1.165) is 45.5 Å². The SMILES string of the molecule is O=C(NCc1ccc2c(c1)OCO2)c1ccc2nc(N3CCCCC3)sc2c1. The van der Waals surface area contributed by atoms with Crippen LogP contribution in [0.3, 0.4) is 0 Å². The summed E-state index contributed by atoms with van der Waals surface area (Å²) < 4.78 is 11.8. The number of carbonyl (C=O) groups excluding carboxylic acids is 1. The fraction of sp³-hybridized carbons (Fsp3) is 0.333. The van der Waals surface area contributed by atoms with Crippen LogP contribution in [0.2, 0.25) is 0 Å². The molecular weight excluding hydrogens is 374 g/mol. The molecule has 0 atom stereocenters. The van der Waals surface area contributed by atoms with E-state index in [1.54, 1.807) is 11.3 Å². The first-order chi connectivity index (χ1) is 13.8. The quantitative estimate of drug-likeness (QED) is 0.725. The Morgan fingerprint density at radius 2 is 1.93 bits per heavy atom. The number of hydrogen-bond acceptors (Lipinski definition) is 6. The summed E-state index contributed by atoms with van der Waals surface area (Å²) in [6.07, 6.45) is 3.75. The van der Waals surface area contributed by atoms with E-state index >= 15 is 0 Å². The molecule has 5 rings (SSSR count). The van der Waals surface area contributed by atoms with Crippen molar-refractivity contribution in [3.05, 3.63) is 47.5 Å². The van der Waals surface area contributed by atoms with Gasteiger partial charge < -0.3 is 19.7 Å². The van der Waals surface area contributed by atoms with Crippen LogP contribution in [0.4, 0.5) is 5.13 Å². The van der Waals surface area contributed by atoms with Crippen molar-refractivity contribution >= 4 is 32.6 Å². The molecule has 6 nitrogen and oxygen atoms in total. The number of aromatic nitrogens is 1. The topological polar surface area (TPSA) is 63.7 Å². The Balaban J connectivity index is 1.29. The minimum atomic E-state index is -0.0903. The van der Waals surface area contributed by atoms with Gasteiger partial charge in [0.25, 0.3) is 5.91 Å². The zero-order valence-corrected chi connectivity index (χ0v) is 16.3. The maximum Gasteiger partial charge on any atom is 0.251 e. The summed E-state index contributed by atoms with van der Waals surface area (Å²) in [5, 5.41) is 4.04. The second-order valence-electron chi connectivity index (χ2n) is 7.10. The van der Waals surface area contributed by atoms with Gasteiger partial charge in [0.15, 0.2) is 16.6 Å². The zero-order valence-electron chi connectivity index (χ0n) is 15.4. The molecule has 0 saturated carbocycles. The molecule has 1 amide bonds. The minimum Gasteiger partial charge on any atom is -0.454 e. The normalized spacial score (nSPS) is 15.8. The first kappa shape index (κ1) is 17.3. The van der Waals surface area contributed by atoms with Crippen LogP contribution in [0, 0.1) is 0 Å². The fourth-order valence-electron chi connectivity index (χ4n) is 3.61. The first-order valence-electron chi connectivity index (χ1n) is 9.58. The summed E-state index contributed by atoms with van der Waals surface area (Å²) in [6, 6.07) is 11.4. The van der Waals surface area contributed by atoms with E-state index in [0.29, 0.717) is 12.1 Å². The molecule has 0 unspecified atom stereocenters. The van der Waals surface area contributed by atoms with Crippen molar-refractivity contribution in [2.75, 3.05) is 24.8 Å². The number of amides is 1. The Morgan fingerprint density at radius 1 is 1.07 bits per heavy atom. The van der Waals surface area contributed by atoms with Gasteiger partial charge in [0.1, 0.15) is 0 Å². The molecule has 144 valence electrons. The van der Waals surface area contributed by atoms with Crippen LogP contribution in [0.5, 0.6) is 11.5 Å². The van der Waals surface area contributed by atoms with Gasteiger partial charge in [-0.25, -0.2) is 4.98 Å². The van der Waals surface area contributed by atoms with Crippen molar-refractivity contribution in [2.24, 2.45) is 0 Å². The average molecular weight is 395 g/mol. The van der Waals surface area contributed by atoms with E-state index in [1.807, 2.05) is 36.4 Å². The van der Waals surface area contributed by atoms with Gasteiger partial charge in [-0.15, -0.1) is 0 Å². The van der Waals surface area contributed by atoms with Crippen molar-refractivity contribution in [3.8, 4) is 11.5 Å². The summed E-state index contributed by atoms with van der Waals surface area (Å²) in [7, 11) is 0. The van der Waals surface area contributed by atoms with E-state index in [2.05, 4.69) is 10.2 Å². The maximum atomic E-state index is 12.6. The predicted molar refractivity (Wildman–Crippen MR) is 109 cm³/mol. The third-order valence-electron chi connectivity index (χ3n) is 5.16. The monoisotopic (exact) mass is 395 g/mol. The summed E-state index contributed by atoms with van der Waals surface area (Å²) >= 11 is 1.67. The second kappa shape index (κ2) is 7.31. The molecule has 0 aliphatic carbocycles. The lowest BCUT2D eigenvalue weighted by Gasteiger charge is -2.25. The largest absolute Gasteiger partial charge is 0.454 e. The number of rotatable bonds is 4. The van der Waals surface area contributed by atoms with Crippen LogP contribution in [-0.4, -0.2) is 30.8 Å². The molecule has 7 heteroatoms. The highest BCUT2D eigenvalue weighted by molar-refractivity contribution is 7.22. The number of piperidine rings is 1. The number of ether oxygens (including phenoxy) is 2. The van der Waals surface area contributed by atoms with Gasteiger partial charge in [-0.2, -0.15) is 0 Å². The molecule has 2 aliphatic rings. The lowest BCUT2D eigenvalue weighted by atomic mass is 10.1. The van der Waals surface area contributed by atoms with E-state index in [9.17, 15) is 4.79 Å². The van der Waals surface area contributed by atoms with E-state index in [1.165, 1.54) is 19.3 Å². The number of fused-ring (bicyclic) bond motifs is 2. The van der Waals surface area contributed by atoms with Crippen molar-refractivity contribution in [1.82, 2.24) is 10.3 Å². The van der Waals surface area contributed by atoms with Crippen LogP contribution < -0.4 is 19.7 Å². The highest BCUT2D eigenvalue weighted by Gasteiger charge is 2.17. The molecule has 1 N–H and O–H groups in total. The molecule has 0 bridgehead atoms. The number of thiazole rings is 1. The van der Waals surface area contributed by atoms with Crippen molar-refractivity contribution in [2.45, 2.75) is 25.8 Å². The van der Waals surface area contributed by atoms with Crippen LogP contribution in [0.1, 0.15) is 35.2 Å².